The fourth-order valence-corrected chi connectivity index (χ4v) is 3.14. The smallest absolute Gasteiger partial charge is 0.395 e. The average molecular weight is 482 g/mol. The molecule has 0 saturated carbocycles. The number of carbonyl (C=O) groups excluding carboxylic acids is 1. The Morgan fingerprint density at radius 3 is 2.82 bits per heavy atom. The van der Waals surface area contributed by atoms with E-state index in [1.165, 1.54) is 12.1 Å². The van der Waals surface area contributed by atoms with E-state index in [1.807, 2.05) is 0 Å². The highest BCUT2D eigenvalue weighted by Gasteiger charge is 2.30. The molecule has 1 amide bonds. The van der Waals surface area contributed by atoms with Gasteiger partial charge in [-0.25, -0.2) is 15.0 Å². The van der Waals surface area contributed by atoms with Crippen molar-refractivity contribution in [1.82, 2.24) is 30.4 Å². The van der Waals surface area contributed by atoms with Crippen LogP contribution in [0.5, 0.6) is 0 Å². The first kappa shape index (κ1) is 22.5. The molecule has 0 saturated heterocycles. The highest BCUT2D eigenvalue weighted by Crippen LogP contribution is 2.31. The van der Waals surface area contributed by atoms with Crippen LogP contribution in [0.25, 0.3) is 22.6 Å². The van der Waals surface area contributed by atoms with E-state index in [0.29, 0.717) is 5.52 Å². The number of hydrogen-bond donors (Lipinski definition) is 4. The number of anilines is 1. The number of aliphatic hydroxyl groups excluding tert-OH is 1. The van der Waals surface area contributed by atoms with Crippen molar-refractivity contribution in [2.24, 2.45) is 0 Å². The number of benzene rings is 1. The first-order valence-corrected chi connectivity index (χ1v) is 9.80. The number of H-pyrrole nitrogens is 1. The molecule has 4 aromatic rings. The van der Waals surface area contributed by atoms with E-state index in [-0.39, 0.29) is 59.0 Å². The Labute approximate surface area is 188 Å². The van der Waals surface area contributed by atoms with Crippen LogP contribution in [-0.4, -0.2) is 49.3 Å². The topological polar surface area (TPSA) is 142 Å². The maximum atomic E-state index is 12.9. The summed E-state index contributed by atoms with van der Waals surface area (Å²) in [5.41, 5.74) is -0.0995. The number of fused-ring (bicyclic) bond motifs is 1. The molecule has 3 aromatic heterocycles. The van der Waals surface area contributed by atoms with Gasteiger partial charge in [-0.15, -0.1) is 0 Å². The maximum absolute atomic E-state index is 12.9. The second-order valence-electron chi connectivity index (χ2n) is 6.71. The first-order valence-electron chi connectivity index (χ1n) is 9.42. The van der Waals surface area contributed by atoms with Gasteiger partial charge in [0.25, 0.3) is 5.91 Å². The standard InChI is InChI=1S/C19H15ClF3N7O3/c20-14-15(26-8-27-17(14)24-3-4-31)18(32)25-7-10-6-13(30-33-10)16-28-11-2-1-9(19(21,22)23)5-12(11)29-16/h1-2,5-6,8,31H,3-4,7H2,(H,25,32)(H,28,29)(H,24,26,27). The molecule has 172 valence electrons. The summed E-state index contributed by atoms with van der Waals surface area (Å²) in [7, 11) is 0. The molecule has 0 aliphatic carbocycles. The largest absolute Gasteiger partial charge is 0.416 e. The highest BCUT2D eigenvalue weighted by molar-refractivity contribution is 6.35. The zero-order valence-corrected chi connectivity index (χ0v) is 17.3. The third kappa shape index (κ3) is 4.88. The van der Waals surface area contributed by atoms with Crippen molar-refractivity contribution in [2.75, 3.05) is 18.5 Å². The highest BCUT2D eigenvalue weighted by atomic mass is 35.5. The third-order valence-corrected chi connectivity index (χ3v) is 4.80. The Balaban J connectivity index is 1.46. The van der Waals surface area contributed by atoms with Gasteiger partial charge in [0.05, 0.1) is 29.7 Å². The lowest BCUT2D eigenvalue weighted by Gasteiger charge is -2.08. The lowest BCUT2D eigenvalue weighted by molar-refractivity contribution is -0.137. The van der Waals surface area contributed by atoms with Crippen LogP contribution in [0.1, 0.15) is 21.8 Å². The summed E-state index contributed by atoms with van der Waals surface area (Å²) in [6, 6.07) is 4.65. The molecule has 0 spiro atoms. The van der Waals surface area contributed by atoms with Crippen molar-refractivity contribution in [2.45, 2.75) is 12.7 Å². The van der Waals surface area contributed by atoms with Gasteiger partial charge < -0.3 is 25.2 Å². The molecule has 1 aromatic carbocycles. The second kappa shape index (κ2) is 9.03. The van der Waals surface area contributed by atoms with Crippen molar-refractivity contribution in [1.29, 1.82) is 0 Å². The minimum absolute atomic E-state index is 0.0118. The van der Waals surface area contributed by atoms with Gasteiger partial charge in [-0.1, -0.05) is 16.8 Å². The van der Waals surface area contributed by atoms with Crippen LogP contribution in [0.2, 0.25) is 5.02 Å². The number of amides is 1. The van der Waals surface area contributed by atoms with E-state index in [4.69, 9.17) is 21.2 Å². The van der Waals surface area contributed by atoms with Gasteiger partial charge in [-0.2, -0.15) is 13.2 Å². The van der Waals surface area contributed by atoms with Crippen LogP contribution in [-0.2, 0) is 12.7 Å². The van der Waals surface area contributed by atoms with Crippen LogP contribution >= 0.6 is 11.6 Å². The Bertz CT molecular complexity index is 1310. The number of imidazole rings is 1. The van der Waals surface area contributed by atoms with E-state index >= 15 is 0 Å². The van der Waals surface area contributed by atoms with E-state index in [2.05, 4.69) is 35.7 Å². The summed E-state index contributed by atoms with van der Waals surface area (Å²) >= 11 is 6.13. The first-order chi connectivity index (χ1) is 15.8. The summed E-state index contributed by atoms with van der Waals surface area (Å²) in [5, 5.41) is 18.0. The fourth-order valence-electron chi connectivity index (χ4n) is 2.89. The molecule has 0 bridgehead atoms. The van der Waals surface area contributed by atoms with Crippen molar-refractivity contribution in [3.8, 4) is 11.5 Å². The number of halogens is 4. The molecule has 10 nitrogen and oxygen atoms in total. The van der Waals surface area contributed by atoms with E-state index in [0.717, 1.165) is 18.5 Å². The van der Waals surface area contributed by atoms with Crippen LogP contribution in [0.3, 0.4) is 0 Å². The summed E-state index contributed by atoms with van der Waals surface area (Å²) in [6.45, 7) is -0.0215. The molecule has 0 fully saturated rings. The summed E-state index contributed by atoms with van der Waals surface area (Å²) in [4.78, 5) is 27.2. The van der Waals surface area contributed by atoms with Crippen LogP contribution in [0.4, 0.5) is 19.0 Å². The number of aromatic amines is 1. The molecule has 4 rings (SSSR count). The van der Waals surface area contributed by atoms with Gasteiger partial charge in [0.2, 0.25) is 0 Å². The molecule has 33 heavy (non-hydrogen) atoms. The molecule has 0 aliphatic heterocycles. The van der Waals surface area contributed by atoms with Gasteiger partial charge in [0.15, 0.2) is 17.3 Å². The van der Waals surface area contributed by atoms with Crippen molar-refractivity contribution in [3.63, 3.8) is 0 Å². The van der Waals surface area contributed by atoms with Crippen molar-refractivity contribution < 1.29 is 27.6 Å². The summed E-state index contributed by atoms with van der Waals surface area (Å²) in [6.07, 6.45) is -3.32. The Kier molecular flexibility index (Phi) is 6.16. The lowest BCUT2D eigenvalue weighted by Crippen LogP contribution is -2.24. The Hall–Kier alpha value is -3.71. The van der Waals surface area contributed by atoms with E-state index in [1.54, 1.807) is 0 Å². The molecule has 4 N–H and O–H groups in total. The predicted octanol–water partition coefficient (Wildman–Crippen LogP) is 3.01. The van der Waals surface area contributed by atoms with Crippen LogP contribution in [0.15, 0.2) is 35.1 Å². The van der Waals surface area contributed by atoms with Gasteiger partial charge in [0, 0.05) is 12.6 Å². The number of carbonyl (C=O) groups is 1. The molecule has 0 atom stereocenters. The molecule has 0 aliphatic rings. The number of nitrogens with one attached hydrogen (secondary N) is 3. The van der Waals surface area contributed by atoms with Crippen LogP contribution < -0.4 is 10.6 Å². The van der Waals surface area contributed by atoms with Gasteiger partial charge in [0.1, 0.15) is 22.9 Å². The predicted molar refractivity (Wildman–Crippen MR) is 110 cm³/mol. The summed E-state index contributed by atoms with van der Waals surface area (Å²) in [5.74, 6) is 0.0740. The number of aromatic nitrogens is 5. The minimum Gasteiger partial charge on any atom is -0.395 e. The van der Waals surface area contributed by atoms with Crippen molar-refractivity contribution >= 4 is 34.4 Å². The molecule has 0 unspecified atom stereocenters. The lowest BCUT2D eigenvalue weighted by atomic mass is 10.2. The van der Waals surface area contributed by atoms with Gasteiger partial charge >= 0.3 is 6.18 Å². The SMILES string of the molecule is O=C(NCc1cc(-c2nc3ccc(C(F)(F)F)cc3[nH]2)no1)c1ncnc(NCCO)c1Cl. The Morgan fingerprint density at radius 2 is 2.06 bits per heavy atom. The van der Waals surface area contributed by atoms with Gasteiger partial charge in [-0.05, 0) is 18.2 Å². The normalized spacial score (nSPS) is 11.7. The Morgan fingerprint density at radius 1 is 1.24 bits per heavy atom. The number of aliphatic hydroxyl groups is 1. The zero-order valence-electron chi connectivity index (χ0n) is 16.6. The molecular formula is C19H15ClF3N7O3. The zero-order chi connectivity index (χ0) is 23.6. The number of hydrogen-bond acceptors (Lipinski definition) is 8. The van der Waals surface area contributed by atoms with E-state index in [9.17, 15) is 18.0 Å². The molecule has 14 heteroatoms. The third-order valence-electron chi connectivity index (χ3n) is 4.44. The van der Waals surface area contributed by atoms with Crippen LogP contribution in [0, 0.1) is 0 Å². The van der Waals surface area contributed by atoms with Crippen molar-refractivity contribution in [3.05, 3.63) is 52.6 Å². The summed E-state index contributed by atoms with van der Waals surface area (Å²) < 4.78 is 43.9. The minimum atomic E-state index is -4.47. The second-order valence-corrected chi connectivity index (χ2v) is 7.09. The van der Waals surface area contributed by atoms with E-state index < -0.39 is 17.6 Å². The number of nitrogens with zero attached hydrogens (tertiary/aromatic N) is 4. The average Bonchev–Trinajstić information content (AvgIpc) is 3.42. The quantitative estimate of drug-likeness (QED) is 0.315. The molecule has 0 radical (unpaired) electrons. The van der Waals surface area contributed by atoms with Gasteiger partial charge in [-0.3, -0.25) is 4.79 Å². The number of alkyl halides is 3. The fraction of sp³-hybridized carbons (Fsp3) is 0.211. The molecular weight excluding hydrogens is 467 g/mol. The molecule has 3 heterocycles. The monoisotopic (exact) mass is 481 g/mol. The number of rotatable bonds is 7. The maximum Gasteiger partial charge on any atom is 0.416 e.